The lowest BCUT2D eigenvalue weighted by Crippen LogP contribution is -2.49. The molecular weight excluding hydrogens is 218 g/mol. The van der Waals surface area contributed by atoms with E-state index in [4.69, 9.17) is 0 Å². The van der Waals surface area contributed by atoms with Crippen molar-refractivity contribution in [1.29, 1.82) is 0 Å². The van der Waals surface area contributed by atoms with Crippen LogP contribution in [0.5, 0.6) is 0 Å². The third-order valence-corrected chi connectivity index (χ3v) is 6.21. The molecule has 0 heterocycles. The molecule has 0 amide bonds. The van der Waals surface area contributed by atoms with Crippen molar-refractivity contribution in [2.45, 2.75) is 89.1 Å². The van der Waals surface area contributed by atoms with E-state index >= 15 is 0 Å². The zero-order valence-corrected chi connectivity index (χ0v) is 12.2. The Labute approximate surface area is 113 Å². The van der Waals surface area contributed by atoms with Crippen LogP contribution >= 0.6 is 0 Å². The van der Waals surface area contributed by atoms with Gasteiger partial charge in [-0.2, -0.15) is 0 Å². The Morgan fingerprint density at radius 1 is 0.667 bits per heavy atom. The van der Waals surface area contributed by atoms with Gasteiger partial charge in [-0.3, -0.25) is 0 Å². The van der Waals surface area contributed by atoms with Crippen molar-refractivity contribution in [1.82, 2.24) is 4.90 Å². The molecule has 3 aliphatic carbocycles. The third kappa shape index (κ3) is 2.61. The van der Waals surface area contributed by atoms with Crippen molar-refractivity contribution in [2.24, 2.45) is 11.8 Å². The summed E-state index contributed by atoms with van der Waals surface area (Å²) in [5, 5.41) is 0. The molecule has 0 N–H and O–H groups in total. The molecule has 1 heteroatoms. The summed E-state index contributed by atoms with van der Waals surface area (Å²) in [5.41, 5.74) is 0. The summed E-state index contributed by atoms with van der Waals surface area (Å²) in [4.78, 5) is 2.83. The second-order valence-corrected chi connectivity index (χ2v) is 7.16. The molecule has 0 aliphatic heterocycles. The van der Waals surface area contributed by atoms with E-state index in [1.165, 1.54) is 64.2 Å². The van der Waals surface area contributed by atoms with E-state index in [9.17, 15) is 0 Å². The lowest BCUT2D eigenvalue weighted by molar-refractivity contribution is 0.0224. The Morgan fingerprint density at radius 3 is 2.17 bits per heavy atom. The van der Waals surface area contributed by atoms with Gasteiger partial charge >= 0.3 is 0 Å². The van der Waals surface area contributed by atoms with Gasteiger partial charge in [0, 0.05) is 12.1 Å². The fourth-order valence-electron chi connectivity index (χ4n) is 5.17. The van der Waals surface area contributed by atoms with Gasteiger partial charge in [0.05, 0.1) is 0 Å². The molecule has 0 radical (unpaired) electrons. The van der Waals surface area contributed by atoms with Gasteiger partial charge in [-0.15, -0.1) is 0 Å². The van der Waals surface area contributed by atoms with E-state index in [1.807, 2.05) is 0 Å². The zero-order chi connectivity index (χ0) is 12.4. The molecule has 3 rings (SSSR count). The first-order valence-corrected chi connectivity index (χ1v) is 8.58. The van der Waals surface area contributed by atoms with Crippen LogP contribution in [-0.4, -0.2) is 24.0 Å². The van der Waals surface area contributed by atoms with Gasteiger partial charge in [-0.05, 0) is 44.6 Å². The van der Waals surface area contributed by atoms with E-state index < -0.39 is 0 Å². The molecule has 3 saturated carbocycles. The van der Waals surface area contributed by atoms with E-state index in [0.29, 0.717) is 0 Å². The zero-order valence-electron chi connectivity index (χ0n) is 12.2. The summed E-state index contributed by atoms with van der Waals surface area (Å²) in [6.45, 7) is 0. The summed E-state index contributed by atoms with van der Waals surface area (Å²) in [6, 6.07) is 1.86. The standard InChI is InChI=1S/C17H31N/c1-18(15-10-3-2-4-11-15)17-13-7-9-14-8-5-6-12-16(14)17/h14-17H,2-13H2,1H3. The van der Waals surface area contributed by atoms with Crippen LogP contribution in [0.25, 0.3) is 0 Å². The van der Waals surface area contributed by atoms with Crippen LogP contribution in [0.4, 0.5) is 0 Å². The Hall–Kier alpha value is -0.0400. The normalized spacial score (nSPS) is 38.7. The second kappa shape index (κ2) is 5.94. The third-order valence-electron chi connectivity index (χ3n) is 6.21. The Balaban J connectivity index is 1.65. The summed E-state index contributed by atoms with van der Waals surface area (Å²) in [5.74, 6) is 2.14. The first kappa shape index (κ1) is 13.0. The Bertz CT molecular complexity index is 254. The van der Waals surface area contributed by atoms with Crippen molar-refractivity contribution >= 4 is 0 Å². The minimum absolute atomic E-state index is 0.921. The molecule has 0 aromatic rings. The molecule has 0 aromatic carbocycles. The molecule has 0 bridgehead atoms. The van der Waals surface area contributed by atoms with Gasteiger partial charge in [-0.1, -0.05) is 51.4 Å². The topological polar surface area (TPSA) is 3.24 Å². The summed E-state index contributed by atoms with van der Waals surface area (Å²) in [6.07, 6.45) is 18.0. The van der Waals surface area contributed by atoms with E-state index in [0.717, 1.165) is 23.9 Å². The number of hydrogen-bond acceptors (Lipinski definition) is 1. The van der Waals surface area contributed by atoms with Crippen molar-refractivity contribution < 1.29 is 0 Å². The maximum Gasteiger partial charge on any atom is 0.0126 e. The predicted octanol–water partition coefficient (Wildman–Crippen LogP) is 4.61. The minimum atomic E-state index is 0.921. The monoisotopic (exact) mass is 249 g/mol. The average molecular weight is 249 g/mol. The van der Waals surface area contributed by atoms with Crippen LogP contribution in [-0.2, 0) is 0 Å². The second-order valence-electron chi connectivity index (χ2n) is 7.16. The van der Waals surface area contributed by atoms with Gasteiger partial charge in [0.1, 0.15) is 0 Å². The van der Waals surface area contributed by atoms with E-state index in [-0.39, 0.29) is 0 Å². The smallest absolute Gasteiger partial charge is 0.0126 e. The molecule has 18 heavy (non-hydrogen) atoms. The first-order chi connectivity index (χ1) is 8.86. The van der Waals surface area contributed by atoms with Crippen molar-refractivity contribution in [3.05, 3.63) is 0 Å². The fourth-order valence-corrected chi connectivity index (χ4v) is 5.17. The number of fused-ring (bicyclic) bond motifs is 1. The van der Waals surface area contributed by atoms with Crippen LogP contribution in [0, 0.1) is 11.8 Å². The fraction of sp³-hybridized carbons (Fsp3) is 1.00. The van der Waals surface area contributed by atoms with Crippen LogP contribution < -0.4 is 0 Å². The maximum absolute atomic E-state index is 2.83. The largest absolute Gasteiger partial charge is 0.300 e. The lowest BCUT2D eigenvalue weighted by atomic mass is 9.67. The van der Waals surface area contributed by atoms with Crippen LogP contribution in [0.3, 0.4) is 0 Å². The molecule has 3 atom stereocenters. The van der Waals surface area contributed by atoms with Crippen LogP contribution in [0.15, 0.2) is 0 Å². The lowest BCUT2D eigenvalue weighted by Gasteiger charge is -2.48. The van der Waals surface area contributed by atoms with Crippen LogP contribution in [0.2, 0.25) is 0 Å². The van der Waals surface area contributed by atoms with Crippen molar-refractivity contribution in [3.8, 4) is 0 Å². The molecule has 1 nitrogen and oxygen atoms in total. The molecule has 0 aromatic heterocycles. The molecule has 0 saturated heterocycles. The number of nitrogens with zero attached hydrogens (tertiary/aromatic N) is 1. The maximum atomic E-state index is 2.83. The highest BCUT2D eigenvalue weighted by Gasteiger charge is 2.38. The highest BCUT2D eigenvalue weighted by atomic mass is 15.2. The summed E-state index contributed by atoms with van der Waals surface area (Å²) >= 11 is 0. The highest BCUT2D eigenvalue weighted by molar-refractivity contribution is 4.92. The van der Waals surface area contributed by atoms with Crippen LogP contribution in [0.1, 0.15) is 77.0 Å². The predicted molar refractivity (Wildman–Crippen MR) is 77.7 cm³/mol. The van der Waals surface area contributed by atoms with Gasteiger partial charge < -0.3 is 4.90 Å². The molecule has 104 valence electrons. The van der Waals surface area contributed by atoms with Gasteiger partial charge in [0.15, 0.2) is 0 Å². The Morgan fingerprint density at radius 2 is 1.33 bits per heavy atom. The van der Waals surface area contributed by atoms with Gasteiger partial charge in [-0.25, -0.2) is 0 Å². The average Bonchev–Trinajstić information content (AvgIpc) is 2.47. The summed E-state index contributed by atoms with van der Waals surface area (Å²) in [7, 11) is 2.46. The SMILES string of the molecule is CN(C1CCCCC1)C1CCCC2CCCCC21. The molecule has 3 aliphatic rings. The molecule has 3 fully saturated rings. The molecule has 3 unspecified atom stereocenters. The quantitative estimate of drug-likeness (QED) is 0.691. The first-order valence-electron chi connectivity index (χ1n) is 8.58. The van der Waals surface area contributed by atoms with Gasteiger partial charge in [0.2, 0.25) is 0 Å². The van der Waals surface area contributed by atoms with E-state index in [1.54, 1.807) is 12.8 Å². The van der Waals surface area contributed by atoms with Crippen molar-refractivity contribution in [3.63, 3.8) is 0 Å². The van der Waals surface area contributed by atoms with Crippen molar-refractivity contribution in [2.75, 3.05) is 7.05 Å². The molecular formula is C17H31N. The summed E-state index contributed by atoms with van der Waals surface area (Å²) < 4.78 is 0. The van der Waals surface area contributed by atoms with E-state index in [2.05, 4.69) is 11.9 Å². The van der Waals surface area contributed by atoms with Gasteiger partial charge in [0.25, 0.3) is 0 Å². The Kier molecular flexibility index (Phi) is 4.28. The highest BCUT2D eigenvalue weighted by Crippen LogP contribution is 2.43. The molecule has 0 spiro atoms. The number of rotatable bonds is 2. The minimum Gasteiger partial charge on any atom is -0.300 e. The number of hydrogen-bond donors (Lipinski definition) is 0.